The molecular formula is C25H27N3O5. The van der Waals surface area contributed by atoms with Crippen LogP contribution in [0.25, 0.3) is 11.3 Å². The van der Waals surface area contributed by atoms with Crippen LogP contribution in [0.5, 0.6) is 17.2 Å². The number of ether oxygens (including phenoxy) is 3. The van der Waals surface area contributed by atoms with Gasteiger partial charge in [0, 0.05) is 31.6 Å². The summed E-state index contributed by atoms with van der Waals surface area (Å²) in [4.78, 5) is 31.2. The Hall–Kier alpha value is -3.81. The molecular weight excluding hydrogens is 422 g/mol. The summed E-state index contributed by atoms with van der Waals surface area (Å²) in [7, 11) is 4.80. The lowest BCUT2D eigenvalue weighted by atomic mass is 9.96. The number of anilines is 1. The van der Waals surface area contributed by atoms with Gasteiger partial charge in [-0.3, -0.25) is 14.3 Å². The van der Waals surface area contributed by atoms with Crippen LogP contribution in [0.2, 0.25) is 0 Å². The van der Waals surface area contributed by atoms with Gasteiger partial charge in [0.2, 0.25) is 5.91 Å². The van der Waals surface area contributed by atoms with Gasteiger partial charge < -0.3 is 14.2 Å². The van der Waals surface area contributed by atoms with E-state index < -0.39 is 0 Å². The average molecular weight is 450 g/mol. The SMILES string of the molecule is COc1ccc(CCN(C(C)=O)c2cc3n(c(=O)n2)CCc2cc(OC)c(OC)cc2-3)cc1. The van der Waals surface area contributed by atoms with E-state index in [1.807, 2.05) is 36.4 Å². The summed E-state index contributed by atoms with van der Waals surface area (Å²) >= 11 is 0. The molecule has 2 aromatic carbocycles. The molecule has 4 rings (SSSR count). The summed E-state index contributed by atoms with van der Waals surface area (Å²) in [5.74, 6) is 2.17. The third-order valence-corrected chi connectivity index (χ3v) is 5.93. The van der Waals surface area contributed by atoms with Gasteiger partial charge in [-0.15, -0.1) is 0 Å². The number of carbonyl (C=O) groups excluding carboxylic acids is 1. The van der Waals surface area contributed by atoms with Crippen molar-refractivity contribution in [2.75, 3.05) is 32.8 Å². The summed E-state index contributed by atoms with van der Waals surface area (Å²) in [5.41, 5.74) is 3.32. The van der Waals surface area contributed by atoms with Gasteiger partial charge >= 0.3 is 5.69 Å². The van der Waals surface area contributed by atoms with E-state index in [9.17, 15) is 9.59 Å². The third-order valence-electron chi connectivity index (χ3n) is 5.93. The van der Waals surface area contributed by atoms with Crippen LogP contribution in [-0.4, -0.2) is 43.3 Å². The van der Waals surface area contributed by atoms with Crippen LogP contribution in [-0.2, 0) is 24.2 Å². The Bertz CT molecular complexity index is 1230. The predicted molar refractivity (Wildman–Crippen MR) is 125 cm³/mol. The van der Waals surface area contributed by atoms with Crippen LogP contribution in [0.3, 0.4) is 0 Å². The molecule has 3 aromatic rings. The fourth-order valence-corrected chi connectivity index (χ4v) is 4.14. The first-order valence-electron chi connectivity index (χ1n) is 10.7. The maximum absolute atomic E-state index is 12.9. The summed E-state index contributed by atoms with van der Waals surface area (Å²) in [6, 6.07) is 13.3. The maximum atomic E-state index is 12.9. The van der Waals surface area contributed by atoms with Gasteiger partial charge in [0.05, 0.1) is 27.0 Å². The Kier molecular flexibility index (Phi) is 6.35. The Morgan fingerprint density at radius 1 is 1.03 bits per heavy atom. The zero-order chi connectivity index (χ0) is 23.5. The Balaban J connectivity index is 1.70. The fraction of sp³-hybridized carbons (Fsp3) is 0.320. The van der Waals surface area contributed by atoms with Crippen LogP contribution in [0.4, 0.5) is 5.82 Å². The fourth-order valence-electron chi connectivity index (χ4n) is 4.14. The zero-order valence-corrected chi connectivity index (χ0v) is 19.3. The van der Waals surface area contributed by atoms with Crippen molar-refractivity contribution in [2.24, 2.45) is 0 Å². The van der Waals surface area contributed by atoms with Crippen LogP contribution in [0, 0.1) is 0 Å². The van der Waals surface area contributed by atoms with Gasteiger partial charge in [0.25, 0.3) is 0 Å². The van der Waals surface area contributed by atoms with E-state index in [0.717, 1.165) is 22.4 Å². The second-order valence-corrected chi connectivity index (χ2v) is 7.82. The molecule has 1 aliphatic rings. The van der Waals surface area contributed by atoms with Crippen molar-refractivity contribution < 1.29 is 19.0 Å². The highest BCUT2D eigenvalue weighted by Gasteiger charge is 2.24. The molecule has 0 radical (unpaired) electrons. The maximum Gasteiger partial charge on any atom is 0.350 e. The highest BCUT2D eigenvalue weighted by Crippen LogP contribution is 2.38. The van der Waals surface area contributed by atoms with Crippen molar-refractivity contribution in [3.05, 3.63) is 64.1 Å². The highest BCUT2D eigenvalue weighted by molar-refractivity contribution is 5.91. The first-order chi connectivity index (χ1) is 15.9. The second-order valence-electron chi connectivity index (χ2n) is 7.82. The van der Waals surface area contributed by atoms with Crippen LogP contribution in [0.1, 0.15) is 18.1 Å². The van der Waals surface area contributed by atoms with Gasteiger partial charge in [0.15, 0.2) is 11.5 Å². The number of aromatic nitrogens is 2. The molecule has 8 heteroatoms. The van der Waals surface area contributed by atoms with Crippen molar-refractivity contribution >= 4 is 11.7 Å². The van der Waals surface area contributed by atoms with Gasteiger partial charge in [-0.2, -0.15) is 4.98 Å². The number of hydrogen-bond donors (Lipinski definition) is 0. The minimum Gasteiger partial charge on any atom is -0.497 e. The van der Waals surface area contributed by atoms with Crippen molar-refractivity contribution in [3.63, 3.8) is 0 Å². The lowest BCUT2D eigenvalue weighted by Gasteiger charge is -2.26. The summed E-state index contributed by atoms with van der Waals surface area (Å²) in [5, 5.41) is 0. The first-order valence-corrected chi connectivity index (χ1v) is 10.7. The van der Waals surface area contributed by atoms with Crippen LogP contribution < -0.4 is 24.8 Å². The number of hydrogen-bond acceptors (Lipinski definition) is 6. The molecule has 0 saturated carbocycles. The van der Waals surface area contributed by atoms with Crippen molar-refractivity contribution in [2.45, 2.75) is 26.3 Å². The van der Waals surface area contributed by atoms with Crippen molar-refractivity contribution in [1.29, 1.82) is 0 Å². The van der Waals surface area contributed by atoms with Crippen molar-refractivity contribution in [3.8, 4) is 28.5 Å². The molecule has 172 valence electrons. The van der Waals surface area contributed by atoms with Gasteiger partial charge in [-0.25, -0.2) is 4.79 Å². The quantitative estimate of drug-likeness (QED) is 0.551. The van der Waals surface area contributed by atoms with Crippen molar-refractivity contribution in [1.82, 2.24) is 9.55 Å². The molecule has 33 heavy (non-hydrogen) atoms. The first kappa shape index (κ1) is 22.4. The van der Waals surface area contributed by atoms with E-state index in [1.165, 1.54) is 6.92 Å². The standard InChI is InChI=1S/C25H27N3O5/c1-16(29)27(11-9-17-5-7-19(31-2)8-6-17)24-15-21-20-14-23(33-4)22(32-3)13-18(20)10-12-28(21)25(30)26-24/h5-8,13-15H,9-12H2,1-4H3. The Morgan fingerprint density at radius 2 is 1.73 bits per heavy atom. The molecule has 2 heterocycles. The molecule has 1 aliphatic heterocycles. The number of aryl methyl sites for hydroxylation is 1. The summed E-state index contributed by atoms with van der Waals surface area (Å²) < 4.78 is 17.7. The molecule has 1 amide bonds. The monoisotopic (exact) mass is 449 g/mol. The number of amides is 1. The lowest BCUT2D eigenvalue weighted by molar-refractivity contribution is -0.116. The predicted octanol–water partition coefficient (Wildman–Crippen LogP) is 3.09. The number of benzene rings is 2. The van der Waals surface area contributed by atoms with Gasteiger partial charge in [0.1, 0.15) is 11.6 Å². The third kappa shape index (κ3) is 4.41. The summed E-state index contributed by atoms with van der Waals surface area (Å²) in [6.07, 6.45) is 1.29. The Labute approximate surface area is 192 Å². The molecule has 0 bridgehead atoms. The summed E-state index contributed by atoms with van der Waals surface area (Å²) in [6.45, 7) is 2.39. The van der Waals surface area contributed by atoms with Gasteiger partial charge in [-0.05, 0) is 48.2 Å². The van der Waals surface area contributed by atoms with Crippen LogP contribution >= 0.6 is 0 Å². The van der Waals surface area contributed by atoms with E-state index >= 15 is 0 Å². The molecule has 0 N–H and O–H groups in total. The molecule has 0 atom stereocenters. The Morgan fingerprint density at radius 3 is 2.36 bits per heavy atom. The number of nitrogens with zero attached hydrogens (tertiary/aromatic N) is 3. The number of rotatable bonds is 7. The van der Waals surface area contributed by atoms with E-state index in [0.29, 0.717) is 48.9 Å². The number of fused-ring (bicyclic) bond motifs is 3. The van der Waals surface area contributed by atoms with Crippen LogP contribution in [0.15, 0.2) is 47.3 Å². The number of methoxy groups -OCH3 is 3. The normalized spacial score (nSPS) is 11.9. The van der Waals surface area contributed by atoms with E-state index in [1.54, 1.807) is 36.9 Å². The second kappa shape index (κ2) is 9.36. The van der Waals surface area contributed by atoms with E-state index in [4.69, 9.17) is 14.2 Å². The van der Waals surface area contributed by atoms with E-state index in [2.05, 4.69) is 4.98 Å². The largest absolute Gasteiger partial charge is 0.497 e. The average Bonchev–Trinajstić information content (AvgIpc) is 2.83. The molecule has 8 nitrogen and oxygen atoms in total. The topological polar surface area (TPSA) is 82.9 Å². The lowest BCUT2D eigenvalue weighted by Crippen LogP contribution is -2.36. The minimum absolute atomic E-state index is 0.177. The smallest absolute Gasteiger partial charge is 0.350 e. The minimum atomic E-state index is -0.376. The molecule has 0 spiro atoms. The molecule has 0 saturated heterocycles. The molecule has 0 unspecified atom stereocenters. The molecule has 0 aliphatic carbocycles. The highest BCUT2D eigenvalue weighted by atomic mass is 16.5. The molecule has 0 fully saturated rings. The zero-order valence-electron chi connectivity index (χ0n) is 19.3. The van der Waals surface area contributed by atoms with E-state index in [-0.39, 0.29) is 11.6 Å². The molecule has 1 aromatic heterocycles. The number of carbonyl (C=O) groups is 1. The van der Waals surface area contributed by atoms with Gasteiger partial charge in [-0.1, -0.05) is 12.1 Å².